The smallest absolute Gasteiger partial charge is 0.292 e. The monoisotopic (exact) mass is 418 g/mol. The average Bonchev–Trinajstić information content (AvgIpc) is 2.81. The van der Waals surface area contributed by atoms with E-state index in [9.17, 15) is 9.59 Å². The molecule has 1 amide bonds. The van der Waals surface area contributed by atoms with Crippen molar-refractivity contribution in [2.75, 3.05) is 7.11 Å². The van der Waals surface area contributed by atoms with Crippen LogP contribution < -0.4 is 15.7 Å². The Kier molecular flexibility index (Phi) is 6.11. The number of carbonyl (C=O) groups is 1. The predicted octanol–water partition coefficient (Wildman–Crippen LogP) is 3.68. The number of amides is 1. The number of fused-ring (bicyclic) bond motifs is 2. The zero-order chi connectivity index (χ0) is 21.8. The summed E-state index contributed by atoms with van der Waals surface area (Å²) >= 11 is 0. The van der Waals surface area contributed by atoms with Crippen LogP contribution in [0.15, 0.2) is 52.4 Å². The van der Waals surface area contributed by atoms with Crippen LogP contribution in [0.2, 0.25) is 0 Å². The van der Waals surface area contributed by atoms with E-state index >= 15 is 0 Å². The molecule has 3 aromatic rings. The van der Waals surface area contributed by atoms with Gasteiger partial charge in [-0.3, -0.25) is 9.59 Å². The summed E-state index contributed by atoms with van der Waals surface area (Å²) in [7, 11) is 1.65. The molecule has 1 aliphatic carbocycles. The number of hydrogen-bond donors (Lipinski definition) is 1. The number of nitrogens with one attached hydrogen (secondary N) is 1. The molecule has 0 atom stereocenters. The van der Waals surface area contributed by atoms with Crippen molar-refractivity contribution in [2.45, 2.75) is 45.6 Å². The second-order valence-electron chi connectivity index (χ2n) is 7.65. The molecule has 4 rings (SSSR count). The van der Waals surface area contributed by atoms with Crippen LogP contribution in [0.25, 0.3) is 10.8 Å². The maximum absolute atomic E-state index is 13.0. The summed E-state index contributed by atoms with van der Waals surface area (Å²) in [6.45, 7) is 2.53. The first-order chi connectivity index (χ1) is 15.1. The van der Waals surface area contributed by atoms with Gasteiger partial charge in [0.25, 0.3) is 11.5 Å². The molecular formula is C24H26N4O3. The Balaban J connectivity index is 1.67. The lowest BCUT2D eigenvalue weighted by Crippen LogP contribution is -2.29. The highest BCUT2D eigenvalue weighted by atomic mass is 16.5. The molecule has 1 aliphatic rings. The molecule has 0 spiro atoms. The number of benzene rings is 2. The number of unbranched alkanes of at least 4 members (excludes halogenated alkanes) is 1. The summed E-state index contributed by atoms with van der Waals surface area (Å²) in [6.07, 6.45) is 4.44. The quantitative estimate of drug-likeness (QED) is 0.619. The first-order valence-electron chi connectivity index (χ1n) is 10.7. The Hall–Kier alpha value is -3.48. The van der Waals surface area contributed by atoms with Gasteiger partial charge in [0.15, 0.2) is 5.69 Å². The van der Waals surface area contributed by atoms with Crippen LogP contribution in [0.3, 0.4) is 0 Å². The van der Waals surface area contributed by atoms with Gasteiger partial charge in [-0.25, -0.2) is 10.1 Å². The van der Waals surface area contributed by atoms with Gasteiger partial charge in [0.05, 0.1) is 18.2 Å². The molecule has 0 saturated heterocycles. The minimum Gasteiger partial charge on any atom is -0.497 e. The van der Waals surface area contributed by atoms with Gasteiger partial charge < -0.3 is 4.74 Å². The number of aromatic nitrogens is 2. The maximum atomic E-state index is 13.0. The van der Waals surface area contributed by atoms with E-state index in [0.29, 0.717) is 17.3 Å². The van der Waals surface area contributed by atoms with Crippen molar-refractivity contribution < 1.29 is 9.53 Å². The van der Waals surface area contributed by atoms with Crippen molar-refractivity contribution in [3.05, 3.63) is 69.6 Å². The lowest BCUT2D eigenvalue weighted by Gasteiger charge is -2.18. The second kappa shape index (κ2) is 9.12. The predicted molar refractivity (Wildman–Crippen MR) is 121 cm³/mol. The Labute approximate surface area is 180 Å². The number of ether oxygens (including phenoxy) is 1. The largest absolute Gasteiger partial charge is 0.497 e. The molecule has 0 aliphatic heterocycles. The molecule has 0 saturated carbocycles. The normalized spacial score (nSPS) is 14.5. The minimum absolute atomic E-state index is 0.179. The Morgan fingerprint density at radius 3 is 2.77 bits per heavy atom. The van der Waals surface area contributed by atoms with Crippen molar-refractivity contribution in [3.8, 4) is 5.75 Å². The van der Waals surface area contributed by atoms with E-state index in [2.05, 4.69) is 15.6 Å². The fourth-order valence-electron chi connectivity index (χ4n) is 3.92. The van der Waals surface area contributed by atoms with Crippen molar-refractivity contribution in [3.63, 3.8) is 0 Å². The first-order valence-corrected chi connectivity index (χ1v) is 10.7. The Morgan fingerprint density at radius 1 is 1.19 bits per heavy atom. The van der Waals surface area contributed by atoms with Gasteiger partial charge in [-0.1, -0.05) is 31.5 Å². The number of nitrogens with zero attached hydrogens (tertiary/aromatic N) is 3. The highest BCUT2D eigenvalue weighted by Gasteiger charge is 2.19. The van der Waals surface area contributed by atoms with Gasteiger partial charge in [-0.05, 0) is 55.5 Å². The van der Waals surface area contributed by atoms with Crippen molar-refractivity contribution in [1.82, 2.24) is 15.2 Å². The van der Waals surface area contributed by atoms with E-state index in [1.165, 1.54) is 4.68 Å². The zero-order valence-electron chi connectivity index (χ0n) is 17.9. The van der Waals surface area contributed by atoms with Gasteiger partial charge in [0, 0.05) is 17.5 Å². The zero-order valence-corrected chi connectivity index (χ0v) is 17.9. The molecule has 0 radical (unpaired) electrons. The van der Waals surface area contributed by atoms with Crippen molar-refractivity contribution in [1.29, 1.82) is 0 Å². The fraction of sp³-hybridized carbons (Fsp3) is 0.333. The lowest BCUT2D eigenvalue weighted by molar-refractivity contribution is 0.0949. The number of hydrogen-bond acceptors (Lipinski definition) is 5. The van der Waals surface area contributed by atoms with Gasteiger partial charge in [0.1, 0.15) is 5.75 Å². The molecule has 0 unspecified atom stereocenters. The molecule has 31 heavy (non-hydrogen) atoms. The van der Waals surface area contributed by atoms with Crippen LogP contribution >= 0.6 is 0 Å². The topological polar surface area (TPSA) is 85.6 Å². The lowest BCUT2D eigenvalue weighted by atomic mass is 9.90. The summed E-state index contributed by atoms with van der Waals surface area (Å²) < 4.78 is 6.70. The molecule has 7 nitrogen and oxygen atoms in total. The van der Waals surface area contributed by atoms with Crippen LogP contribution in [0.1, 0.15) is 54.2 Å². The second-order valence-corrected chi connectivity index (χ2v) is 7.65. The highest BCUT2D eigenvalue weighted by Crippen LogP contribution is 2.25. The third-order valence-corrected chi connectivity index (χ3v) is 5.58. The van der Waals surface area contributed by atoms with Crippen LogP contribution in [-0.2, 0) is 13.0 Å². The minimum atomic E-state index is -0.422. The summed E-state index contributed by atoms with van der Waals surface area (Å²) in [5.41, 5.74) is 5.73. The molecule has 2 aromatic carbocycles. The molecule has 0 bridgehead atoms. The number of rotatable bonds is 6. The average molecular weight is 418 g/mol. The molecule has 160 valence electrons. The summed E-state index contributed by atoms with van der Waals surface area (Å²) in [5, 5.41) is 9.82. The van der Waals surface area contributed by atoms with E-state index in [0.717, 1.165) is 54.7 Å². The Morgan fingerprint density at radius 2 is 2.00 bits per heavy atom. The van der Waals surface area contributed by atoms with Crippen LogP contribution in [0.4, 0.5) is 0 Å². The summed E-state index contributed by atoms with van der Waals surface area (Å²) in [4.78, 5) is 25.8. The van der Waals surface area contributed by atoms with Gasteiger partial charge in [0.2, 0.25) is 0 Å². The van der Waals surface area contributed by atoms with Crippen LogP contribution in [0, 0.1) is 0 Å². The van der Waals surface area contributed by atoms with Crippen molar-refractivity contribution in [2.24, 2.45) is 5.10 Å². The SMILES string of the molecule is CCCCn1nc(C(=O)N/N=C2/CCCc3cc(OC)ccc32)c2ccccc2c1=O. The van der Waals surface area contributed by atoms with Gasteiger partial charge >= 0.3 is 0 Å². The maximum Gasteiger partial charge on any atom is 0.292 e. The summed E-state index contributed by atoms with van der Waals surface area (Å²) in [5.74, 6) is 0.392. The van der Waals surface area contributed by atoms with E-state index in [1.54, 1.807) is 31.4 Å². The molecule has 1 aromatic heterocycles. The van der Waals surface area contributed by atoms with E-state index < -0.39 is 5.91 Å². The molecule has 1 heterocycles. The highest BCUT2D eigenvalue weighted by molar-refractivity contribution is 6.07. The number of carbonyl (C=O) groups excluding carboxylic acids is 1. The molecule has 7 heteroatoms. The Bertz CT molecular complexity index is 1210. The van der Waals surface area contributed by atoms with E-state index in [1.807, 2.05) is 25.1 Å². The third kappa shape index (κ3) is 4.21. The number of hydrazone groups is 1. The molecule has 0 fully saturated rings. The van der Waals surface area contributed by atoms with E-state index in [4.69, 9.17) is 4.74 Å². The van der Waals surface area contributed by atoms with Crippen LogP contribution in [-0.4, -0.2) is 28.5 Å². The number of aryl methyl sites for hydroxylation is 2. The van der Waals surface area contributed by atoms with Gasteiger partial charge in [-0.2, -0.15) is 10.2 Å². The van der Waals surface area contributed by atoms with Gasteiger partial charge in [-0.15, -0.1) is 0 Å². The molecular weight excluding hydrogens is 392 g/mol. The number of methoxy groups -OCH3 is 1. The summed E-state index contributed by atoms with van der Waals surface area (Å²) in [6, 6.07) is 13.0. The molecule has 1 N–H and O–H groups in total. The standard InChI is InChI=1S/C24H26N4O3/c1-3-4-14-28-24(30)20-10-6-5-9-19(20)22(27-28)23(29)26-25-21-11-7-8-16-15-17(31-2)12-13-18(16)21/h5-6,9-10,12-13,15H,3-4,7-8,11,14H2,1-2H3,(H,26,29)/b25-21-. The first kappa shape index (κ1) is 20.8. The van der Waals surface area contributed by atoms with E-state index in [-0.39, 0.29) is 11.3 Å². The third-order valence-electron chi connectivity index (χ3n) is 5.58. The fourth-order valence-corrected chi connectivity index (χ4v) is 3.92. The van der Waals surface area contributed by atoms with Crippen molar-refractivity contribution >= 4 is 22.4 Å². The van der Waals surface area contributed by atoms with Crippen LogP contribution in [0.5, 0.6) is 5.75 Å².